The molecule has 1 saturated heterocycles. The van der Waals surface area contributed by atoms with Gasteiger partial charge in [0.25, 0.3) is 11.8 Å². The number of piperidine rings is 1. The Balaban J connectivity index is 1.35. The minimum absolute atomic E-state index is 0.0604. The number of hydrogen-bond donors (Lipinski definition) is 0. The van der Waals surface area contributed by atoms with Crippen molar-refractivity contribution in [2.45, 2.75) is 38.8 Å². The Labute approximate surface area is 202 Å². The normalized spacial score (nSPS) is 14.0. The molecular formula is C29H32N2O3. The molecule has 34 heavy (non-hydrogen) atoms. The summed E-state index contributed by atoms with van der Waals surface area (Å²) in [5.74, 6) is 0.958. The van der Waals surface area contributed by atoms with Crippen LogP contribution in [0.5, 0.6) is 5.75 Å². The van der Waals surface area contributed by atoms with Gasteiger partial charge in [-0.2, -0.15) is 0 Å². The Morgan fingerprint density at radius 1 is 0.853 bits per heavy atom. The van der Waals surface area contributed by atoms with E-state index >= 15 is 0 Å². The van der Waals surface area contributed by atoms with Crippen molar-refractivity contribution in [1.82, 2.24) is 9.80 Å². The molecule has 176 valence electrons. The number of para-hydroxylation sites is 1. The number of rotatable bonds is 8. The van der Waals surface area contributed by atoms with E-state index in [2.05, 4.69) is 6.92 Å². The van der Waals surface area contributed by atoms with E-state index in [1.807, 2.05) is 94.7 Å². The summed E-state index contributed by atoms with van der Waals surface area (Å²) in [7, 11) is 0. The quantitative estimate of drug-likeness (QED) is 0.455. The lowest BCUT2D eigenvalue weighted by Crippen LogP contribution is -2.49. The second-order valence-corrected chi connectivity index (χ2v) is 8.69. The Bertz CT molecular complexity index is 1060. The van der Waals surface area contributed by atoms with Crippen molar-refractivity contribution < 1.29 is 14.3 Å². The molecule has 0 radical (unpaired) electrons. The first-order valence-electron chi connectivity index (χ1n) is 12.1. The Morgan fingerprint density at radius 2 is 1.47 bits per heavy atom. The zero-order chi connectivity index (χ0) is 23.8. The van der Waals surface area contributed by atoms with E-state index in [9.17, 15) is 9.59 Å². The zero-order valence-corrected chi connectivity index (χ0v) is 19.7. The van der Waals surface area contributed by atoms with Crippen LogP contribution >= 0.6 is 0 Å². The third-order valence-corrected chi connectivity index (χ3v) is 6.29. The lowest BCUT2D eigenvalue weighted by atomic mass is 10.0. The molecule has 5 heteroatoms. The van der Waals surface area contributed by atoms with Gasteiger partial charge in [0.05, 0.1) is 0 Å². The third kappa shape index (κ3) is 5.84. The minimum Gasteiger partial charge on any atom is -0.489 e. The molecule has 0 saturated carbocycles. The fourth-order valence-corrected chi connectivity index (χ4v) is 4.43. The molecule has 1 heterocycles. The number of benzene rings is 3. The Morgan fingerprint density at radius 3 is 2.09 bits per heavy atom. The van der Waals surface area contributed by atoms with E-state index in [1.54, 1.807) is 0 Å². The Kier molecular flexibility index (Phi) is 7.97. The van der Waals surface area contributed by atoms with Crippen molar-refractivity contribution in [2.75, 3.05) is 19.6 Å². The molecule has 5 nitrogen and oxygen atoms in total. The summed E-state index contributed by atoms with van der Waals surface area (Å²) in [5, 5.41) is 0. The second kappa shape index (κ2) is 11.5. The first-order valence-corrected chi connectivity index (χ1v) is 12.1. The summed E-state index contributed by atoms with van der Waals surface area (Å²) in [6, 6.07) is 27.0. The van der Waals surface area contributed by atoms with Gasteiger partial charge in [0.15, 0.2) is 0 Å². The monoisotopic (exact) mass is 456 g/mol. The molecule has 0 aliphatic carbocycles. The number of ether oxygens (including phenoxy) is 1. The summed E-state index contributed by atoms with van der Waals surface area (Å²) in [5.41, 5.74) is 2.44. The van der Waals surface area contributed by atoms with Gasteiger partial charge in [-0.25, -0.2) is 0 Å². The van der Waals surface area contributed by atoms with Crippen molar-refractivity contribution in [3.8, 4) is 5.75 Å². The number of carbonyl (C=O) groups is 2. The lowest BCUT2D eigenvalue weighted by Gasteiger charge is -2.38. The van der Waals surface area contributed by atoms with Gasteiger partial charge in [-0.3, -0.25) is 9.59 Å². The van der Waals surface area contributed by atoms with E-state index in [0.717, 1.165) is 42.7 Å². The average Bonchev–Trinajstić information content (AvgIpc) is 2.91. The fourth-order valence-electron chi connectivity index (χ4n) is 4.43. The highest BCUT2D eigenvalue weighted by molar-refractivity contribution is 5.95. The van der Waals surface area contributed by atoms with Gasteiger partial charge in [0, 0.05) is 36.8 Å². The standard InChI is InChI=1S/C29H32N2O3/c1-2-19-31(26-17-20-30(21-18-26)28(32)24-9-5-3-6-10-24)29(33)25-15-13-23(14-16-25)22-34-27-11-7-4-8-12-27/h3-16,26H,2,17-22H2,1H3. The van der Waals surface area contributed by atoms with E-state index < -0.39 is 0 Å². The third-order valence-electron chi connectivity index (χ3n) is 6.29. The maximum atomic E-state index is 13.4. The van der Waals surface area contributed by atoms with Crippen molar-refractivity contribution in [3.63, 3.8) is 0 Å². The molecule has 0 aromatic heterocycles. The highest BCUT2D eigenvalue weighted by atomic mass is 16.5. The van der Waals surface area contributed by atoms with Gasteiger partial charge in [0.2, 0.25) is 0 Å². The van der Waals surface area contributed by atoms with Crippen LogP contribution in [-0.2, 0) is 6.61 Å². The molecule has 3 aromatic rings. The summed E-state index contributed by atoms with van der Waals surface area (Å²) >= 11 is 0. The van der Waals surface area contributed by atoms with Crippen LogP contribution in [0.1, 0.15) is 52.5 Å². The van der Waals surface area contributed by atoms with Crippen LogP contribution in [0.2, 0.25) is 0 Å². The molecule has 0 bridgehead atoms. The zero-order valence-electron chi connectivity index (χ0n) is 19.7. The summed E-state index contributed by atoms with van der Waals surface area (Å²) in [6.45, 7) is 4.61. The second-order valence-electron chi connectivity index (χ2n) is 8.69. The van der Waals surface area contributed by atoms with Crippen LogP contribution in [0, 0.1) is 0 Å². The first-order chi connectivity index (χ1) is 16.7. The van der Waals surface area contributed by atoms with Gasteiger partial charge >= 0.3 is 0 Å². The Hall–Kier alpha value is -3.60. The molecule has 0 atom stereocenters. The summed E-state index contributed by atoms with van der Waals surface area (Å²) < 4.78 is 5.81. The number of carbonyl (C=O) groups excluding carboxylic acids is 2. The number of hydrogen-bond acceptors (Lipinski definition) is 3. The van der Waals surface area contributed by atoms with Gasteiger partial charge in [-0.05, 0) is 61.2 Å². The molecule has 1 aliphatic heterocycles. The van der Waals surface area contributed by atoms with Crippen molar-refractivity contribution >= 4 is 11.8 Å². The maximum Gasteiger partial charge on any atom is 0.254 e. The van der Waals surface area contributed by atoms with Crippen molar-refractivity contribution in [3.05, 3.63) is 102 Å². The van der Waals surface area contributed by atoms with Crippen LogP contribution in [-0.4, -0.2) is 47.3 Å². The molecule has 3 aromatic carbocycles. The predicted molar refractivity (Wildman–Crippen MR) is 134 cm³/mol. The molecular weight excluding hydrogens is 424 g/mol. The maximum absolute atomic E-state index is 13.4. The van der Waals surface area contributed by atoms with Gasteiger partial charge < -0.3 is 14.5 Å². The van der Waals surface area contributed by atoms with Gasteiger partial charge in [-0.15, -0.1) is 0 Å². The molecule has 1 fully saturated rings. The number of amides is 2. The predicted octanol–water partition coefficient (Wildman–Crippen LogP) is 5.42. The van der Waals surface area contributed by atoms with Crippen LogP contribution in [0.3, 0.4) is 0 Å². The van der Waals surface area contributed by atoms with Crippen LogP contribution in [0.25, 0.3) is 0 Å². The van der Waals surface area contributed by atoms with E-state index in [1.165, 1.54) is 0 Å². The van der Waals surface area contributed by atoms with E-state index in [-0.39, 0.29) is 17.9 Å². The van der Waals surface area contributed by atoms with Gasteiger partial charge in [0.1, 0.15) is 12.4 Å². The average molecular weight is 457 g/mol. The van der Waals surface area contributed by atoms with Crippen LogP contribution < -0.4 is 4.74 Å². The summed E-state index contributed by atoms with van der Waals surface area (Å²) in [6.07, 6.45) is 2.50. The van der Waals surface area contributed by atoms with Crippen molar-refractivity contribution in [2.24, 2.45) is 0 Å². The summed E-state index contributed by atoms with van der Waals surface area (Å²) in [4.78, 5) is 30.0. The highest BCUT2D eigenvalue weighted by Gasteiger charge is 2.30. The van der Waals surface area contributed by atoms with Crippen LogP contribution in [0.4, 0.5) is 0 Å². The lowest BCUT2D eigenvalue weighted by molar-refractivity contribution is 0.0519. The number of likely N-dealkylation sites (tertiary alicyclic amines) is 1. The van der Waals surface area contributed by atoms with Crippen molar-refractivity contribution in [1.29, 1.82) is 0 Å². The molecule has 0 unspecified atom stereocenters. The smallest absolute Gasteiger partial charge is 0.254 e. The largest absolute Gasteiger partial charge is 0.489 e. The molecule has 0 N–H and O–H groups in total. The SMILES string of the molecule is CCCN(C(=O)c1ccc(COc2ccccc2)cc1)C1CCN(C(=O)c2ccccc2)CC1. The molecule has 2 amide bonds. The molecule has 4 rings (SSSR count). The first kappa shape index (κ1) is 23.6. The van der Waals surface area contributed by atoms with Gasteiger partial charge in [-0.1, -0.05) is 55.5 Å². The molecule has 0 spiro atoms. The highest BCUT2D eigenvalue weighted by Crippen LogP contribution is 2.22. The van der Waals surface area contributed by atoms with E-state index in [0.29, 0.717) is 25.3 Å². The fraction of sp³-hybridized carbons (Fsp3) is 0.310. The molecule has 1 aliphatic rings. The minimum atomic E-state index is 0.0604. The number of nitrogens with zero attached hydrogens (tertiary/aromatic N) is 2. The van der Waals surface area contributed by atoms with Crippen LogP contribution in [0.15, 0.2) is 84.9 Å². The topological polar surface area (TPSA) is 49.9 Å². The van der Waals surface area contributed by atoms with E-state index in [4.69, 9.17) is 4.74 Å².